The van der Waals surface area contributed by atoms with Crippen LogP contribution in [0.2, 0.25) is 0 Å². The van der Waals surface area contributed by atoms with E-state index in [0.29, 0.717) is 12.4 Å². The van der Waals surface area contributed by atoms with Crippen LogP contribution >= 0.6 is 0 Å². The van der Waals surface area contributed by atoms with Crippen molar-refractivity contribution in [3.8, 4) is 0 Å². The Kier molecular flexibility index (Phi) is 3.69. The van der Waals surface area contributed by atoms with Gasteiger partial charge in [0.05, 0.1) is 6.54 Å². The number of amides is 1. The molecule has 70 valence electrons. The topological polar surface area (TPSA) is 66.9 Å². The molecule has 0 bridgehead atoms. The molecule has 0 unspecified atom stereocenters. The zero-order valence-corrected chi connectivity index (χ0v) is 7.45. The molecule has 1 amide bonds. The van der Waals surface area contributed by atoms with E-state index in [1.54, 1.807) is 12.3 Å². The Bertz CT molecular complexity index is 262. The highest BCUT2D eigenvalue weighted by Crippen LogP contribution is 1.95. The monoisotopic (exact) mass is 180 g/mol. The van der Waals surface area contributed by atoms with E-state index in [4.69, 9.17) is 0 Å². The second kappa shape index (κ2) is 5.08. The first kappa shape index (κ1) is 9.44. The van der Waals surface area contributed by atoms with Crippen LogP contribution in [0.4, 0.5) is 5.82 Å². The molecule has 0 atom stereocenters. The van der Waals surface area contributed by atoms with Gasteiger partial charge in [-0.2, -0.15) is 0 Å². The molecule has 1 heterocycles. The van der Waals surface area contributed by atoms with E-state index in [1.165, 1.54) is 6.33 Å². The molecule has 1 aromatic rings. The molecule has 0 aliphatic heterocycles. The number of nitrogens with zero attached hydrogens (tertiary/aromatic N) is 2. The quantitative estimate of drug-likeness (QED) is 0.685. The maximum Gasteiger partial charge on any atom is 0.239 e. The molecule has 0 saturated carbocycles. The molecule has 13 heavy (non-hydrogen) atoms. The molecule has 0 aliphatic rings. The van der Waals surface area contributed by atoms with Crippen molar-refractivity contribution in [1.82, 2.24) is 15.3 Å². The van der Waals surface area contributed by atoms with Crippen molar-refractivity contribution in [2.24, 2.45) is 0 Å². The summed E-state index contributed by atoms with van der Waals surface area (Å²) in [5.74, 6) is 0.613. The molecule has 2 N–H and O–H groups in total. The second-order valence-corrected chi connectivity index (χ2v) is 2.40. The number of carbonyl (C=O) groups excluding carboxylic acids is 1. The summed E-state index contributed by atoms with van der Waals surface area (Å²) in [4.78, 5) is 18.7. The molecule has 5 nitrogen and oxygen atoms in total. The van der Waals surface area contributed by atoms with Gasteiger partial charge in [-0.05, 0) is 13.0 Å². The maximum atomic E-state index is 11.0. The van der Waals surface area contributed by atoms with Gasteiger partial charge in [-0.25, -0.2) is 9.97 Å². The number of rotatable bonds is 4. The molecule has 0 aromatic carbocycles. The van der Waals surface area contributed by atoms with E-state index < -0.39 is 0 Å². The average molecular weight is 180 g/mol. The Balaban J connectivity index is 2.31. The Labute approximate surface area is 76.6 Å². The van der Waals surface area contributed by atoms with Gasteiger partial charge in [-0.1, -0.05) is 0 Å². The van der Waals surface area contributed by atoms with Crippen LogP contribution in [0.15, 0.2) is 18.6 Å². The molecule has 0 fully saturated rings. The van der Waals surface area contributed by atoms with Gasteiger partial charge in [0.15, 0.2) is 0 Å². The third-order valence-corrected chi connectivity index (χ3v) is 1.39. The van der Waals surface area contributed by atoms with E-state index in [-0.39, 0.29) is 12.5 Å². The summed E-state index contributed by atoms with van der Waals surface area (Å²) < 4.78 is 0. The number of aromatic nitrogens is 2. The molecule has 0 saturated heterocycles. The van der Waals surface area contributed by atoms with E-state index >= 15 is 0 Å². The minimum atomic E-state index is -0.0406. The second-order valence-electron chi connectivity index (χ2n) is 2.40. The van der Waals surface area contributed by atoms with Crippen LogP contribution < -0.4 is 10.6 Å². The molecule has 1 aromatic heterocycles. The minimum absolute atomic E-state index is 0.0406. The number of anilines is 1. The summed E-state index contributed by atoms with van der Waals surface area (Å²) in [6.45, 7) is 2.76. The average Bonchev–Trinajstić information content (AvgIpc) is 2.17. The molecular formula is C8H12N4O. The molecule has 0 spiro atoms. The molecule has 1 rings (SSSR count). The first-order valence-electron chi connectivity index (χ1n) is 4.09. The summed E-state index contributed by atoms with van der Waals surface area (Å²) in [7, 11) is 0. The Morgan fingerprint density at radius 1 is 1.62 bits per heavy atom. The zero-order valence-electron chi connectivity index (χ0n) is 7.45. The zero-order chi connectivity index (χ0) is 9.52. The summed E-state index contributed by atoms with van der Waals surface area (Å²) in [5, 5.41) is 5.54. The smallest absolute Gasteiger partial charge is 0.239 e. The number of hydrogen-bond donors (Lipinski definition) is 2. The fourth-order valence-electron chi connectivity index (χ4n) is 0.826. The highest BCUT2D eigenvalue weighted by atomic mass is 16.1. The van der Waals surface area contributed by atoms with Crippen molar-refractivity contribution in [2.75, 3.05) is 18.4 Å². The lowest BCUT2D eigenvalue weighted by molar-refractivity contribution is -0.119. The van der Waals surface area contributed by atoms with Crippen molar-refractivity contribution in [3.05, 3.63) is 18.6 Å². The summed E-state index contributed by atoms with van der Waals surface area (Å²) in [6.07, 6.45) is 3.05. The van der Waals surface area contributed by atoms with E-state index in [1.807, 2.05) is 6.92 Å². The van der Waals surface area contributed by atoms with Crippen LogP contribution in [0, 0.1) is 0 Å². The van der Waals surface area contributed by atoms with Crippen molar-refractivity contribution < 1.29 is 4.79 Å². The molecule has 5 heteroatoms. The number of carbonyl (C=O) groups is 1. The van der Waals surface area contributed by atoms with Crippen molar-refractivity contribution in [3.63, 3.8) is 0 Å². The van der Waals surface area contributed by atoms with Crippen LogP contribution in [0.25, 0.3) is 0 Å². The Hall–Kier alpha value is -1.65. The van der Waals surface area contributed by atoms with Gasteiger partial charge in [-0.15, -0.1) is 0 Å². The van der Waals surface area contributed by atoms with Crippen LogP contribution in [-0.4, -0.2) is 29.0 Å². The fraction of sp³-hybridized carbons (Fsp3) is 0.375. The minimum Gasteiger partial charge on any atom is -0.361 e. The predicted octanol–water partition coefficient (Wildman–Crippen LogP) is 0.0246. The van der Waals surface area contributed by atoms with Crippen LogP contribution in [0.1, 0.15) is 6.92 Å². The third-order valence-electron chi connectivity index (χ3n) is 1.39. The van der Waals surface area contributed by atoms with E-state index in [0.717, 1.165) is 0 Å². The van der Waals surface area contributed by atoms with Gasteiger partial charge < -0.3 is 10.6 Å². The number of hydrogen-bond acceptors (Lipinski definition) is 4. The van der Waals surface area contributed by atoms with Crippen molar-refractivity contribution in [1.29, 1.82) is 0 Å². The van der Waals surface area contributed by atoms with Gasteiger partial charge in [0.2, 0.25) is 5.91 Å². The first-order valence-corrected chi connectivity index (χ1v) is 4.09. The standard InChI is InChI=1S/C8H12N4O/c1-2-10-8(13)5-11-7-3-4-9-6-12-7/h3-4,6H,2,5H2,1H3,(H,10,13)(H,9,11,12). The lowest BCUT2D eigenvalue weighted by Crippen LogP contribution is -2.29. The van der Waals surface area contributed by atoms with Crippen LogP contribution in [0.3, 0.4) is 0 Å². The van der Waals surface area contributed by atoms with Crippen LogP contribution in [-0.2, 0) is 4.79 Å². The highest BCUT2D eigenvalue weighted by molar-refractivity contribution is 5.80. The van der Waals surface area contributed by atoms with Gasteiger partial charge >= 0.3 is 0 Å². The van der Waals surface area contributed by atoms with Crippen LogP contribution in [0.5, 0.6) is 0 Å². The Morgan fingerprint density at radius 2 is 2.46 bits per heavy atom. The summed E-state index contributed by atoms with van der Waals surface area (Å²) >= 11 is 0. The lowest BCUT2D eigenvalue weighted by Gasteiger charge is -2.04. The van der Waals surface area contributed by atoms with E-state index in [9.17, 15) is 4.79 Å². The highest BCUT2D eigenvalue weighted by Gasteiger charge is 1.98. The maximum absolute atomic E-state index is 11.0. The van der Waals surface area contributed by atoms with Gasteiger partial charge in [0.1, 0.15) is 12.1 Å². The van der Waals surface area contributed by atoms with Crippen molar-refractivity contribution >= 4 is 11.7 Å². The first-order chi connectivity index (χ1) is 6.33. The summed E-state index contributed by atoms with van der Waals surface area (Å²) in [5.41, 5.74) is 0. The number of likely N-dealkylation sites (N-methyl/N-ethyl adjacent to an activating group) is 1. The normalized spacial score (nSPS) is 9.31. The van der Waals surface area contributed by atoms with Crippen molar-refractivity contribution in [2.45, 2.75) is 6.92 Å². The van der Waals surface area contributed by atoms with Gasteiger partial charge in [0.25, 0.3) is 0 Å². The lowest BCUT2D eigenvalue weighted by atomic mass is 10.5. The third kappa shape index (κ3) is 3.50. The largest absolute Gasteiger partial charge is 0.361 e. The molecular weight excluding hydrogens is 168 g/mol. The molecule has 0 radical (unpaired) electrons. The van der Waals surface area contributed by atoms with Gasteiger partial charge in [0, 0.05) is 12.7 Å². The van der Waals surface area contributed by atoms with Gasteiger partial charge in [-0.3, -0.25) is 4.79 Å². The van der Waals surface area contributed by atoms with E-state index in [2.05, 4.69) is 20.6 Å². The molecule has 0 aliphatic carbocycles. The fourth-order valence-corrected chi connectivity index (χ4v) is 0.826. The Morgan fingerprint density at radius 3 is 3.08 bits per heavy atom. The SMILES string of the molecule is CCNC(=O)CNc1ccncn1. The summed E-state index contributed by atoms with van der Waals surface area (Å²) in [6, 6.07) is 1.71. The number of nitrogens with one attached hydrogen (secondary N) is 2. The predicted molar refractivity (Wildman–Crippen MR) is 49.2 cm³/mol.